The topological polar surface area (TPSA) is 44.1 Å². The van der Waals surface area contributed by atoms with Crippen LogP contribution in [0.2, 0.25) is 5.02 Å². The van der Waals surface area contributed by atoms with Gasteiger partial charge in [0, 0.05) is 6.04 Å². The Hall–Kier alpha value is -1.67. The monoisotopic (exact) mass is 272 g/mol. The van der Waals surface area contributed by atoms with Crippen molar-refractivity contribution >= 4 is 17.5 Å². The van der Waals surface area contributed by atoms with Gasteiger partial charge in [-0.2, -0.15) is 5.26 Å². The van der Waals surface area contributed by atoms with Gasteiger partial charge in [-0.1, -0.05) is 11.6 Å². The molecule has 0 fully saturated rings. The summed E-state index contributed by atoms with van der Waals surface area (Å²) < 4.78 is 26.8. The van der Waals surface area contributed by atoms with Crippen LogP contribution >= 0.6 is 11.6 Å². The molecule has 0 radical (unpaired) electrons. The summed E-state index contributed by atoms with van der Waals surface area (Å²) in [4.78, 5) is 13.1. The van der Waals surface area contributed by atoms with Crippen molar-refractivity contribution in [2.24, 2.45) is 0 Å². The lowest BCUT2D eigenvalue weighted by atomic mass is 10.1. The second kappa shape index (κ2) is 5.78. The molecule has 3 nitrogen and oxygen atoms in total. The van der Waals surface area contributed by atoms with Gasteiger partial charge in [0.2, 0.25) is 0 Å². The van der Waals surface area contributed by atoms with Crippen LogP contribution in [0.3, 0.4) is 0 Å². The highest BCUT2D eigenvalue weighted by Crippen LogP contribution is 2.21. The number of carbonyl (C=O) groups is 1. The van der Waals surface area contributed by atoms with E-state index in [9.17, 15) is 13.6 Å². The van der Waals surface area contributed by atoms with Crippen molar-refractivity contribution in [3.8, 4) is 6.07 Å². The standard InChI is InChI=1S/C12H11ClF2N2O/c1-7(2)17(4-3-16)12(18)8-5-11(15)9(13)6-10(8)14/h5-7H,4H2,1-2H3. The fourth-order valence-corrected chi connectivity index (χ4v) is 1.56. The predicted octanol–water partition coefficient (Wildman–Crippen LogP) is 2.99. The number of amides is 1. The third-order valence-corrected chi connectivity index (χ3v) is 2.66. The average molecular weight is 273 g/mol. The van der Waals surface area contributed by atoms with E-state index in [1.54, 1.807) is 13.8 Å². The average Bonchev–Trinajstić information content (AvgIpc) is 2.29. The molecular weight excluding hydrogens is 262 g/mol. The highest BCUT2D eigenvalue weighted by atomic mass is 35.5. The van der Waals surface area contributed by atoms with Gasteiger partial charge in [-0.3, -0.25) is 4.79 Å². The molecule has 0 unspecified atom stereocenters. The van der Waals surface area contributed by atoms with Crippen molar-refractivity contribution in [2.45, 2.75) is 19.9 Å². The lowest BCUT2D eigenvalue weighted by Gasteiger charge is -2.24. The smallest absolute Gasteiger partial charge is 0.258 e. The maximum Gasteiger partial charge on any atom is 0.258 e. The summed E-state index contributed by atoms with van der Waals surface area (Å²) in [6.07, 6.45) is 0. The van der Waals surface area contributed by atoms with E-state index in [2.05, 4.69) is 0 Å². The lowest BCUT2D eigenvalue weighted by Crippen LogP contribution is -2.37. The number of hydrogen-bond acceptors (Lipinski definition) is 2. The minimum Gasteiger partial charge on any atom is -0.323 e. The molecular formula is C12H11ClF2N2O. The first kappa shape index (κ1) is 14.4. The highest BCUT2D eigenvalue weighted by Gasteiger charge is 2.23. The first-order chi connectivity index (χ1) is 8.38. The molecule has 0 aromatic heterocycles. The largest absolute Gasteiger partial charge is 0.323 e. The SMILES string of the molecule is CC(C)N(CC#N)C(=O)c1cc(F)c(Cl)cc1F. The maximum atomic E-state index is 13.6. The summed E-state index contributed by atoms with van der Waals surface area (Å²) in [5, 5.41) is 8.23. The van der Waals surface area contributed by atoms with Crippen LogP contribution in [0.1, 0.15) is 24.2 Å². The van der Waals surface area contributed by atoms with Gasteiger partial charge in [0.15, 0.2) is 0 Å². The number of halogens is 3. The molecule has 0 saturated heterocycles. The molecule has 0 N–H and O–H groups in total. The second-order valence-corrected chi connectivity index (χ2v) is 4.34. The number of carbonyl (C=O) groups excluding carboxylic acids is 1. The zero-order valence-corrected chi connectivity index (χ0v) is 10.6. The molecule has 6 heteroatoms. The summed E-state index contributed by atoms with van der Waals surface area (Å²) in [6, 6.07) is 3.00. The zero-order valence-electron chi connectivity index (χ0n) is 9.88. The molecule has 0 bridgehead atoms. The Bertz CT molecular complexity index is 512. The van der Waals surface area contributed by atoms with Gasteiger partial charge >= 0.3 is 0 Å². The van der Waals surface area contributed by atoms with Crippen molar-refractivity contribution in [2.75, 3.05) is 6.54 Å². The fourth-order valence-electron chi connectivity index (χ4n) is 1.41. The van der Waals surface area contributed by atoms with E-state index in [-0.39, 0.29) is 17.6 Å². The molecule has 1 rings (SSSR count). The van der Waals surface area contributed by atoms with Crippen LogP contribution in [0.4, 0.5) is 8.78 Å². The molecule has 1 amide bonds. The number of nitrogens with zero attached hydrogens (tertiary/aromatic N) is 2. The molecule has 1 aromatic carbocycles. The van der Waals surface area contributed by atoms with Crippen LogP contribution < -0.4 is 0 Å². The Morgan fingerprint density at radius 3 is 2.56 bits per heavy atom. The number of rotatable bonds is 3. The van der Waals surface area contributed by atoms with E-state index < -0.39 is 23.1 Å². The summed E-state index contributed by atoms with van der Waals surface area (Å²) in [7, 11) is 0. The molecule has 0 aliphatic heterocycles. The predicted molar refractivity (Wildman–Crippen MR) is 63.2 cm³/mol. The van der Waals surface area contributed by atoms with Crippen molar-refractivity contribution in [3.05, 3.63) is 34.4 Å². The zero-order chi connectivity index (χ0) is 13.9. The van der Waals surface area contributed by atoms with E-state index in [0.29, 0.717) is 0 Å². The van der Waals surface area contributed by atoms with Crippen LogP contribution in [0.25, 0.3) is 0 Å². The van der Waals surface area contributed by atoms with Crippen molar-refractivity contribution in [3.63, 3.8) is 0 Å². The Morgan fingerprint density at radius 2 is 2.06 bits per heavy atom. The molecule has 0 spiro atoms. The Balaban J connectivity index is 3.17. The molecule has 1 aromatic rings. The summed E-state index contributed by atoms with van der Waals surface area (Å²) in [5.41, 5.74) is -0.430. The summed E-state index contributed by atoms with van der Waals surface area (Å²) in [5.74, 6) is -2.52. The van der Waals surface area contributed by atoms with Crippen molar-refractivity contribution < 1.29 is 13.6 Å². The summed E-state index contributed by atoms with van der Waals surface area (Å²) >= 11 is 5.40. The van der Waals surface area contributed by atoms with Gasteiger partial charge in [-0.05, 0) is 26.0 Å². The fraction of sp³-hybridized carbons (Fsp3) is 0.333. The van der Waals surface area contributed by atoms with E-state index >= 15 is 0 Å². The quantitative estimate of drug-likeness (QED) is 0.627. The Labute approximate surface area is 109 Å². The van der Waals surface area contributed by atoms with E-state index in [4.69, 9.17) is 16.9 Å². The highest BCUT2D eigenvalue weighted by molar-refractivity contribution is 6.30. The Kier molecular flexibility index (Phi) is 4.62. The van der Waals surface area contributed by atoms with Crippen LogP contribution in [0.15, 0.2) is 12.1 Å². The first-order valence-corrected chi connectivity index (χ1v) is 5.58. The van der Waals surface area contributed by atoms with Gasteiger partial charge in [-0.25, -0.2) is 8.78 Å². The molecule has 0 saturated carbocycles. The normalized spacial score (nSPS) is 10.3. The molecule has 96 valence electrons. The number of hydrogen-bond donors (Lipinski definition) is 0. The third kappa shape index (κ3) is 2.96. The van der Waals surface area contributed by atoms with Crippen LogP contribution in [-0.4, -0.2) is 23.4 Å². The van der Waals surface area contributed by atoms with Crippen molar-refractivity contribution in [1.29, 1.82) is 5.26 Å². The summed E-state index contributed by atoms with van der Waals surface area (Å²) in [6.45, 7) is 3.17. The van der Waals surface area contributed by atoms with Crippen molar-refractivity contribution in [1.82, 2.24) is 4.90 Å². The van der Waals surface area contributed by atoms with Crippen LogP contribution in [0, 0.1) is 23.0 Å². The number of benzene rings is 1. The molecule has 0 aliphatic carbocycles. The van der Waals surface area contributed by atoms with Gasteiger partial charge < -0.3 is 4.90 Å². The van der Waals surface area contributed by atoms with Crippen LogP contribution in [0.5, 0.6) is 0 Å². The second-order valence-electron chi connectivity index (χ2n) is 3.93. The van der Waals surface area contributed by atoms with Gasteiger partial charge in [0.25, 0.3) is 5.91 Å². The minimum atomic E-state index is -0.907. The van der Waals surface area contributed by atoms with E-state index in [1.807, 2.05) is 6.07 Å². The van der Waals surface area contributed by atoms with E-state index in [1.165, 1.54) is 0 Å². The lowest BCUT2D eigenvalue weighted by molar-refractivity contribution is 0.0726. The molecule has 18 heavy (non-hydrogen) atoms. The molecule has 0 heterocycles. The van der Waals surface area contributed by atoms with Gasteiger partial charge in [-0.15, -0.1) is 0 Å². The van der Waals surface area contributed by atoms with Crippen LogP contribution in [-0.2, 0) is 0 Å². The molecule has 0 atom stereocenters. The van der Waals surface area contributed by atoms with Gasteiger partial charge in [0.1, 0.15) is 18.2 Å². The molecule has 0 aliphatic rings. The minimum absolute atomic E-state index is 0.194. The van der Waals surface area contributed by atoms with E-state index in [0.717, 1.165) is 17.0 Å². The Morgan fingerprint density at radius 1 is 1.44 bits per heavy atom. The maximum absolute atomic E-state index is 13.6. The number of nitriles is 1. The third-order valence-electron chi connectivity index (χ3n) is 2.37. The first-order valence-electron chi connectivity index (χ1n) is 5.21. The van der Waals surface area contributed by atoms with Gasteiger partial charge in [0.05, 0.1) is 16.7 Å².